The Morgan fingerprint density at radius 3 is 2.65 bits per heavy atom. The molecular weight excluding hydrogens is 252 g/mol. The van der Waals surface area contributed by atoms with Gasteiger partial charge in [-0.05, 0) is 24.0 Å². The van der Waals surface area contributed by atoms with Crippen molar-refractivity contribution in [2.24, 2.45) is 0 Å². The van der Waals surface area contributed by atoms with Crippen LogP contribution in [0.5, 0.6) is 0 Å². The molecule has 5 heteroatoms. The van der Waals surface area contributed by atoms with Gasteiger partial charge in [0.2, 0.25) is 0 Å². The van der Waals surface area contributed by atoms with Gasteiger partial charge in [0.05, 0.1) is 0 Å². The second-order valence-corrected chi connectivity index (χ2v) is 4.44. The highest BCUT2D eigenvalue weighted by Gasteiger charge is 2.00. The van der Waals surface area contributed by atoms with Crippen LogP contribution in [0.1, 0.15) is 23.7 Å². The van der Waals surface area contributed by atoms with Crippen molar-refractivity contribution in [2.45, 2.75) is 19.8 Å². The standard InChI is InChI=1S/C15H16N4O/c1-2-11-3-5-12(6-4-11)7-8-17-14-9-13(10-16)18-15(20)19-14/h3-6,9H,2,7-8H2,1H3,(H2,17,18,19,20). The maximum Gasteiger partial charge on any atom is 0.347 e. The number of benzene rings is 1. The number of nitrogens with one attached hydrogen (secondary N) is 2. The Labute approximate surface area is 117 Å². The summed E-state index contributed by atoms with van der Waals surface area (Å²) in [6.07, 6.45) is 1.87. The number of aromatic amines is 1. The zero-order valence-corrected chi connectivity index (χ0v) is 11.3. The fourth-order valence-corrected chi connectivity index (χ4v) is 1.88. The van der Waals surface area contributed by atoms with E-state index < -0.39 is 5.69 Å². The van der Waals surface area contributed by atoms with Gasteiger partial charge in [-0.3, -0.25) is 4.98 Å². The number of aromatic nitrogens is 2. The fourth-order valence-electron chi connectivity index (χ4n) is 1.88. The average molecular weight is 268 g/mol. The van der Waals surface area contributed by atoms with Crippen LogP contribution in [0.15, 0.2) is 35.1 Å². The normalized spacial score (nSPS) is 10.0. The van der Waals surface area contributed by atoms with E-state index >= 15 is 0 Å². The number of hydrogen-bond donors (Lipinski definition) is 2. The summed E-state index contributed by atoms with van der Waals surface area (Å²) in [7, 11) is 0. The van der Waals surface area contributed by atoms with Gasteiger partial charge in [-0.2, -0.15) is 10.2 Å². The van der Waals surface area contributed by atoms with Crippen LogP contribution in [-0.4, -0.2) is 16.5 Å². The summed E-state index contributed by atoms with van der Waals surface area (Å²) < 4.78 is 0. The van der Waals surface area contributed by atoms with Gasteiger partial charge >= 0.3 is 5.69 Å². The molecule has 1 aromatic carbocycles. The van der Waals surface area contributed by atoms with Crippen molar-refractivity contribution >= 4 is 5.82 Å². The van der Waals surface area contributed by atoms with Crippen LogP contribution in [0, 0.1) is 11.3 Å². The predicted molar refractivity (Wildman–Crippen MR) is 77.6 cm³/mol. The molecule has 0 spiro atoms. The molecular formula is C15H16N4O. The van der Waals surface area contributed by atoms with E-state index in [0.717, 1.165) is 12.8 Å². The molecule has 0 amide bonds. The quantitative estimate of drug-likeness (QED) is 0.867. The molecule has 5 nitrogen and oxygen atoms in total. The summed E-state index contributed by atoms with van der Waals surface area (Å²) in [4.78, 5) is 17.3. The minimum absolute atomic E-state index is 0.208. The first-order valence-corrected chi connectivity index (χ1v) is 6.54. The molecule has 0 aliphatic rings. The summed E-state index contributed by atoms with van der Waals surface area (Å²) >= 11 is 0. The van der Waals surface area contributed by atoms with Gasteiger partial charge in [0.15, 0.2) is 0 Å². The fraction of sp³-hybridized carbons (Fsp3) is 0.267. The van der Waals surface area contributed by atoms with Crippen molar-refractivity contribution in [3.8, 4) is 6.07 Å². The van der Waals surface area contributed by atoms with Crippen molar-refractivity contribution in [1.82, 2.24) is 9.97 Å². The molecule has 0 saturated heterocycles. The molecule has 2 aromatic rings. The summed E-state index contributed by atoms with van der Waals surface area (Å²) in [5.41, 5.74) is 2.23. The predicted octanol–water partition coefficient (Wildman–Crippen LogP) is 1.86. The Morgan fingerprint density at radius 1 is 1.30 bits per heavy atom. The van der Waals surface area contributed by atoms with Crippen molar-refractivity contribution in [3.63, 3.8) is 0 Å². The van der Waals surface area contributed by atoms with Gasteiger partial charge in [0, 0.05) is 12.6 Å². The first-order chi connectivity index (χ1) is 9.71. The number of aryl methyl sites for hydroxylation is 1. The van der Waals surface area contributed by atoms with Gasteiger partial charge in [-0.15, -0.1) is 0 Å². The molecule has 102 valence electrons. The highest BCUT2D eigenvalue weighted by atomic mass is 16.1. The number of nitriles is 1. The molecule has 0 fully saturated rings. The number of anilines is 1. The SMILES string of the molecule is CCc1ccc(CCNc2cc(C#N)[nH]c(=O)n2)cc1. The molecule has 2 rings (SSSR count). The van der Waals surface area contributed by atoms with E-state index in [1.807, 2.05) is 6.07 Å². The lowest BCUT2D eigenvalue weighted by atomic mass is 10.1. The van der Waals surface area contributed by atoms with Crippen molar-refractivity contribution in [3.05, 3.63) is 57.6 Å². The topological polar surface area (TPSA) is 81.6 Å². The van der Waals surface area contributed by atoms with Crippen LogP contribution in [-0.2, 0) is 12.8 Å². The molecule has 0 saturated carbocycles. The molecule has 0 aliphatic heterocycles. The van der Waals surface area contributed by atoms with Gasteiger partial charge in [-0.25, -0.2) is 4.79 Å². The first kappa shape index (κ1) is 13.8. The van der Waals surface area contributed by atoms with Crippen LogP contribution < -0.4 is 11.0 Å². The average Bonchev–Trinajstić information content (AvgIpc) is 2.47. The number of nitrogens with zero attached hydrogens (tertiary/aromatic N) is 2. The Morgan fingerprint density at radius 2 is 2.00 bits per heavy atom. The molecule has 0 atom stereocenters. The summed E-state index contributed by atoms with van der Waals surface area (Å²) in [5.74, 6) is 0.426. The van der Waals surface area contributed by atoms with Crippen LogP contribution in [0.4, 0.5) is 5.82 Å². The number of rotatable bonds is 5. The maximum absolute atomic E-state index is 11.2. The lowest BCUT2D eigenvalue weighted by Gasteiger charge is -2.06. The van der Waals surface area contributed by atoms with Gasteiger partial charge in [0.25, 0.3) is 0 Å². The summed E-state index contributed by atoms with van der Waals surface area (Å²) in [5, 5.41) is 11.8. The molecule has 0 radical (unpaired) electrons. The van der Waals surface area contributed by atoms with Crippen LogP contribution in [0.2, 0.25) is 0 Å². The molecule has 1 heterocycles. The van der Waals surface area contributed by atoms with E-state index in [1.54, 1.807) is 0 Å². The maximum atomic E-state index is 11.2. The monoisotopic (exact) mass is 268 g/mol. The Hall–Kier alpha value is -2.61. The highest BCUT2D eigenvalue weighted by Crippen LogP contribution is 2.06. The summed E-state index contributed by atoms with van der Waals surface area (Å²) in [6, 6.07) is 11.9. The van der Waals surface area contributed by atoms with Gasteiger partial charge in [-0.1, -0.05) is 31.2 Å². The third kappa shape index (κ3) is 3.69. The minimum atomic E-state index is -0.515. The van der Waals surface area contributed by atoms with Crippen LogP contribution in [0.3, 0.4) is 0 Å². The van der Waals surface area contributed by atoms with E-state index in [1.165, 1.54) is 17.2 Å². The van der Waals surface area contributed by atoms with Crippen LogP contribution in [0.25, 0.3) is 0 Å². The number of hydrogen-bond acceptors (Lipinski definition) is 4. The Bertz CT molecular complexity index is 668. The second-order valence-electron chi connectivity index (χ2n) is 4.44. The van der Waals surface area contributed by atoms with Crippen LogP contribution >= 0.6 is 0 Å². The minimum Gasteiger partial charge on any atom is -0.369 e. The largest absolute Gasteiger partial charge is 0.369 e. The van der Waals surface area contributed by atoms with Gasteiger partial charge in [0.1, 0.15) is 17.6 Å². The van der Waals surface area contributed by atoms with Crippen molar-refractivity contribution < 1.29 is 0 Å². The molecule has 1 aromatic heterocycles. The lowest BCUT2D eigenvalue weighted by molar-refractivity contribution is 0.978. The number of H-pyrrole nitrogens is 1. The van der Waals surface area contributed by atoms with Crippen molar-refractivity contribution in [2.75, 3.05) is 11.9 Å². The van der Waals surface area contributed by atoms with E-state index in [-0.39, 0.29) is 5.69 Å². The first-order valence-electron chi connectivity index (χ1n) is 6.54. The third-order valence-corrected chi connectivity index (χ3v) is 3.02. The second kappa shape index (κ2) is 6.53. The molecule has 2 N–H and O–H groups in total. The lowest BCUT2D eigenvalue weighted by Crippen LogP contribution is -2.16. The zero-order valence-electron chi connectivity index (χ0n) is 11.3. The smallest absolute Gasteiger partial charge is 0.347 e. The van der Waals surface area contributed by atoms with Gasteiger partial charge < -0.3 is 5.32 Å². The molecule has 20 heavy (non-hydrogen) atoms. The summed E-state index contributed by atoms with van der Waals surface area (Å²) in [6.45, 7) is 2.79. The Balaban J connectivity index is 1.94. The van der Waals surface area contributed by atoms with E-state index in [2.05, 4.69) is 46.5 Å². The molecule has 0 bridgehead atoms. The van der Waals surface area contributed by atoms with Crippen molar-refractivity contribution in [1.29, 1.82) is 5.26 Å². The van der Waals surface area contributed by atoms with E-state index in [9.17, 15) is 4.79 Å². The highest BCUT2D eigenvalue weighted by molar-refractivity contribution is 5.38. The third-order valence-electron chi connectivity index (χ3n) is 3.02. The van der Waals surface area contributed by atoms with E-state index in [4.69, 9.17) is 5.26 Å². The Kier molecular flexibility index (Phi) is 4.51. The molecule has 0 aliphatic carbocycles. The van der Waals surface area contributed by atoms with E-state index in [0.29, 0.717) is 12.4 Å². The zero-order chi connectivity index (χ0) is 14.4. The molecule has 0 unspecified atom stereocenters.